The summed E-state index contributed by atoms with van der Waals surface area (Å²) in [4.78, 5) is 12.7. The van der Waals surface area contributed by atoms with Crippen LogP contribution in [0.15, 0.2) is 51.9 Å². The van der Waals surface area contributed by atoms with Crippen LogP contribution in [0, 0.1) is 0 Å². The summed E-state index contributed by atoms with van der Waals surface area (Å²) >= 11 is 0. The van der Waals surface area contributed by atoms with E-state index in [2.05, 4.69) is 0 Å². The average Bonchev–Trinajstić information content (AvgIpc) is 2.74. The maximum atomic E-state index is 12.7. The van der Waals surface area contributed by atoms with E-state index in [0.29, 0.717) is 5.56 Å². The van der Waals surface area contributed by atoms with Gasteiger partial charge in [-0.05, 0) is 23.8 Å². The number of rotatable bonds is 4. The molecule has 0 bridgehead atoms. The number of hydrogen-bond donors (Lipinski definition) is 5. The Bertz CT molecular complexity index is 1140. The molecule has 1 saturated heterocycles. The van der Waals surface area contributed by atoms with Crippen LogP contribution in [0.3, 0.4) is 0 Å². The lowest BCUT2D eigenvalue weighted by molar-refractivity contribution is -0.277. The summed E-state index contributed by atoms with van der Waals surface area (Å²) in [6.07, 6.45) is -5.90. The minimum atomic E-state index is -1.57. The molecule has 1 aromatic heterocycles. The molecule has 10 heteroatoms. The van der Waals surface area contributed by atoms with Crippen LogP contribution in [0.2, 0.25) is 0 Å². The second-order valence-electron chi connectivity index (χ2n) is 7.14. The molecule has 0 amide bonds. The van der Waals surface area contributed by atoms with E-state index in [4.69, 9.17) is 13.9 Å². The normalized spacial score (nSPS) is 26.1. The molecule has 0 unspecified atom stereocenters. The minimum Gasteiger partial charge on any atom is -0.872 e. The lowest BCUT2D eigenvalue weighted by Crippen LogP contribution is -2.60. The molecule has 1 aliphatic heterocycles. The Labute approximate surface area is 174 Å². The summed E-state index contributed by atoms with van der Waals surface area (Å²) in [6, 6.07) is 8.08. The van der Waals surface area contributed by atoms with Crippen LogP contribution in [-0.4, -0.2) is 62.8 Å². The van der Waals surface area contributed by atoms with Crippen molar-refractivity contribution in [3.63, 3.8) is 0 Å². The molecular weight excluding hydrogens is 412 g/mol. The molecule has 164 valence electrons. The molecule has 5 N–H and O–H groups in total. The van der Waals surface area contributed by atoms with E-state index < -0.39 is 48.5 Å². The van der Waals surface area contributed by atoms with Crippen LogP contribution in [0.5, 0.6) is 17.2 Å². The molecule has 10 nitrogen and oxygen atoms in total. The van der Waals surface area contributed by atoms with Crippen molar-refractivity contribution < 1.29 is 44.5 Å². The standard InChI is InChI=1S/C21H20O10/c22-7-15-18(26)19(27)20(28)21(31-15)30-11-3-1-9(2-4-11)12-8-29-14-6-10(23)5-13(24)16(14)17(12)25/h1-6,8,15,18-24,26-28H,7H2/p-1/t15-,18-,19+,20-,21-/m1/s1. The maximum absolute atomic E-state index is 12.7. The summed E-state index contributed by atoms with van der Waals surface area (Å²) in [6.45, 7) is -0.582. The number of ether oxygens (including phenoxy) is 2. The van der Waals surface area contributed by atoms with Crippen molar-refractivity contribution in [1.29, 1.82) is 0 Å². The Balaban J connectivity index is 1.59. The first-order valence-corrected chi connectivity index (χ1v) is 9.33. The third-order valence-corrected chi connectivity index (χ3v) is 5.09. The zero-order valence-corrected chi connectivity index (χ0v) is 15.9. The summed E-state index contributed by atoms with van der Waals surface area (Å²) in [5.41, 5.74) is -0.0471. The van der Waals surface area contributed by atoms with E-state index in [-0.39, 0.29) is 28.0 Å². The molecule has 4 rings (SSSR count). The Morgan fingerprint density at radius 2 is 1.74 bits per heavy atom. The SMILES string of the molecule is O=c1c(-c2ccc(O[C@@H]3O[C@H](CO)[C@@H](O)[C@H](O)[C@H]3O)cc2)coc2cc(O)cc([O-])c12. The van der Waals surface area contributed by atoms with Gasteiger partial charge >= 0.3 is 0 Å². The third kappa shape index (κ3) is 3.82. The van der Waals surface area contributed by atoms with E-state index in [1.807, 2.05) is 0 Å². The van der Waals surface area contributed by atoms with Crippen LogP contribution < -0.4 is 15.3 Å². The Morgan fingerprint density at radius 3 is 2.42 bits per heavy atom. The van der Waals surface area contributed by atoms with Crippen LogP contribution in [0.1, 0.15) is 0 Å². The lowest BCUT2D eigenvalue weighted by Gasteiger charge is -2.39. The van der Waals surface area contributed by atoms with Gasteiger partial charge in [-0.15, -0.1) is 0 Å². The number of benzene rings is 2. The van der Waals surface area contributed by atoms with Crippen LogP contribution >= 0.6 is 0 Å². The minimum absolute atomic E-state index is 0.0266. The third-order valence-electron chi connectivity index (χ3n) is 5.09. The quantitative estimate of drug-likeness (QED) is 0.360. The molecule has 1 aliphatic rings. The summed E-state index contributed by atoms with van der Waals surface area (Å²) in [5.74, 6) is -0.746. The van der Waals surface area contributed by atoms with Crippen LogP contribution in [0.4, 0.5) is 0 Å². The topological polar surface area (TPSA) is 173 Å². The summed E-state index contributed by atoms with van der Waals surface area (Å²) in [5, 5.41) is 60.3. The summed E-state index contributed by atoms with van der Waals surface area (Å²) < 4.78 is 16.1. The van der Waals surface area contributed by atoms with Crippen LogP contribution in [-0.2, 0) is 4.74 Å². The fourth-order valence-electron chi connectivity index (χ4n) is 3.41. The number of phenols is 1. The molecule has 0 spiro atoms. The smallest absolute Gasteiger partial charge is 0.229 e. The van der Waals surface area contributed by atoms with E-state index >= 15 is 0 Å². The van der Waals surface area contributed by atoms with E-state index in [1.54, 1.807) is 0 Å². The van der Waals surface area contributed by atoms with Gasteiger partial charge in [-0.1, -0.05) is 17.9 Å². The van der Waals surface area contributed by atoms with E-state index in [9.17, 15) is 35.4 Å². The Kier molecular flexibility index (Phi) is 5.56. The highest BCUT2D eigenvalue weighted by Gasteiger charge is 2.44. The monoisotopic (exact) mass is 431 g/mol. The number of phenolic OH excluding ortho intramolecular Hbond substituents is 1. The first kappa shape index (κ1) is 21.1. The number of aliphatic hydroxyl groups is 4. The van der Waals surface area contributed by atoms with Gasteiger partial charge in [0.05, 0.1) is 17.6 Å². The van der Waals surface area contributed by atoms with Crippen molar-refractivity contribution in [3.05, 3.63) is 52.9 Å². The van der Waals surface area contributed by atoms with Crippen molar-refractivity contribution in [2.45, 2.75) is 30.7 Å². The second-order valence-corrected chi connectivity index (χ2v) is 7.14. The van der Waals surface area contributed by atoms with Crippen molar-refractivity contribution in [2.75, 3.05) is 6.61 Å². The van der Waals surface area contributed by atoms with Gasteiger partial charge in [0.25, 0.3) is 0 Å². The molecule has 0 aliphatic carbocycles. The van der Waals surface area contributed by atoms with E-state index in [0.717, 1.165) is 6.07 Å². The predicted molar refractivity (Wildman–Crippen MR) is 103 cm³/mol. The van der Waals surface area contributed by atoms with Gasteiger partial charge in [-0.25, -0.2) is 0 Å². The first-order valence-electron chi connectivity index (χ1n) is 9.33. The van der Waals surface area contributed by atoms with Gasteiger partial charge in [0.1, 0.15) is 47.8 Å². The Morgan fingerprint density at radius 1 is 1.03 bits per heavy atom. The largest absolute Gasteiger partial charge is 0.872 e. The fraction of sp³-hybridized carbons (Fsp3) is 0.286. The fourth-order valence-corrected chi connectivity index (χ4v) is 3.41. The van der Waals surface area contributed by atoms with Gasteiger partial charge < -0.3 is 44.5 Å². The first-order chi connectivity index (χ1) is 14.8. The van der Waals surface area contributed by atoms with Gasteiger partial charge in [0.2, 0.25) is 6.29 Å². The number of aliphatic hydroxyl groups excluding tert-OH is 4. The molecular formula is C21H19O10-. The van der Waals surface area contributed by atoms with Crippen molar-refractivity contribution in [2.24, 2.45) is 0 Å². The Hall–Kier alpha value is -3.15. The second kappa shape index (κ2) is 8.17. The van der Waals surface area contributed by atoms with Crippen molar-refractivity contribution in [1.82, 2.24) is 0 Å². The van der Waals surface area contributed by atoms with Gasteiger partial charge in [0, 0.05) is 6.07 Å². The van der Waals surface area contributed by atoms with Gasteiger partial charge in [-0.3, -0.25) is 4.79 Å². The molecule has 1 fully saturated rings. The van der Waals surface area contributed by atoms with Gasteiger partial charge in [-0.2, -0.15) is 0 Å². The molecule has 0 saturated carbocycles. The van der Waals surface area contributed by atoms with Crippen LogP contribution in [0.25, 0.3) is 22.1 Å². The lowest BCUT2D eigenvalue weighted by atomic mass is 9.99. The molecule has 5 atom stereocenters. The number of aromatic hydroxyl groups is 1. The summed E-state index contributed by atoms with van der Waals surface area (Å²) in [7, 11) is 0. The molecule has 3 aromatic rings. The molecule has 0 radical (unpaired) electrons. The molecule has 2 heterocycles. The molecule has 31 heavy (non-hydrogen) atoms. The highest BCUT2D eigenvalue weighted by atomic mass is 16.7. The average molecular weight is 431 g/mol. The maximum Gasteiger partial charge on any atom is 0.229 e. The number of hydrogen-bond acceptors (Lipinski definition) is 10. The van der Waals surface area contributed by atoms with Crippen molar-refractivity contribution in [3.8, 4) is 28.4 Å². The highest BCUT2D eigenvalue weighted by molar-refractivity contribution is 5.87. The zero-order valence-electron chi connectivity index (χ0n) is 15.9. The highest BCUT2D eigenvalue weighted by Crippen LogP contribution is 2.29. The van der Waals surface area contributed by atoms with E-state index in [1.165, 1.54) is 36.6 Å². The predicted octanol–water partition coefficient (Wildman–Crippen LogP) is -0.582. The van der Waals surface area contributed by atoms with Gasteiger partial charge in [0.15, 0.2) is 5.43 Å². The van der Waals surface area contributed by atoms with Crippen molar-refractivity contribution >= 4 is 11.0 Å². The zero-order chi connectivity index (χ0) is 22.3. The number of fused-ring (bicyclic) bond motifs is 1. The molecule has 2 aromatic carbocycles.